The normalized spacial score (nSPS) is 19.3. The second-order valence-corrected chi connectivity index (χ2v) is 9.24. The van der Waals surface area contributed by atoms with Gasteiger partial charge >= 0.3 is 12.1 Å². The molecule has 1 saturated heterocycles. The summed E-state index contributed by atoms with van der Waals surface area (Å²) in [7, 11) is 0. The molecule has 2 heterocycles. The van der Waals surface area contributed by atoms with Crippen LogP contribution in [0.5, 0.6) is 0 Å². The topological polar surface area (TPSA) is 84.1 Å². The van der Waals surface area contributed by atoms with Crippen LogP contribution in [0.1, 0.15) is 67.9 Å². The van der Waals surface area contributed by atoms with Crippen molar-refractivity contribution in [2.24, 2.45) is 0 Å². The predicted octanol–water partition coefficient (Wildman–Crippen LogP) is 5.44. The first kappa shape index (κ1) is 23.3. The molecule has 32 heavy (non-hydrogen) atoms. The summed E-state index contributed by atoms with van der Waals surface area (Å²) in [5.41, 5.74) is 1.58. The van der Waals surface area contributed by atoms with Gasteiger partial charge in [-0.3, -0.25) is 0 Å². The Morgan fingerprint density at radius 3 is 2.44 bits per heavy atom. The molecular formula is C25H29N3O4. The SMILES string of the molecule is [C-]#[N+]c1ccc([C@@H](C)[C@H]2CC[C@@H](Cc3ccc(C(=O)O)cc3)N2C(=O)OC(C)(C)C)cn1. The summed E-state index contributed by atoms with van der Waals surface area (Å²) in [4.78, 5) is 33.7. The van der Waals surface area contributed by atoms with Gasteiger partial charge in [-0.25, -0.2) is 9.59 Å². The molecule has 0 unspecified atom stereocenters. The van der Waals surface area contributed by atoms with Crippen LogP contribution in [0, 0.1) is 6.57 Å². The highest BCUT2D eigenvalue weighted by molar-refractivity contribution is 5.87. The van der Waals surface area contributed by atoms with Gasteiger partial charge in [0.25, 0.3) is 5.82 Å². The van der Waals surface area contributed by atoms with Crippen LogP contribution in [0.4, 0.5) is 10.6 Å². The fraction of sp³-hybridized carbons (Fsp3) is 0.440. The van der Waals surface area contributed by atoms with Gasteiger partial charge in [0.05, 0.1) is 5.56 Å². The molecule has 1 aliphatic heterocycles. The number of carboxylic acid groups (broad SMARTS) is 1. The van der Waals surface area contributed by atoms with Gasteiger partial charge in [0.2, 0.25) is 0 Å². The Morgan fingerprint density at radius 2 is 1.91 bits per heavy atom. The fourth-order valence-corrected chi connectivity index (χ4v) is 4.21. The molecule has 1 aromatic carbocycles. The molecule has 0 bridgehead atoms. The smallest absolute Gasteiger partial charge is 0.410 e. The largest absolute Gasteiger partial charge is 0.478 e. The van der Waals surface area contributed by atoms with Gasteiger partial charge in [0.1, 0.15) is 11.8 Å². The number of pyridine rings is 1. The molecule has 0 aliphatic carbocycles. The second kappa shape index (κ2) is 9.39. The minimum absolute atomic E-state index is 0.0224. The van der Waals surface area contributed by atoms with Gasteiger partial charge < -0.3 is 19.6 Å². The molecule has 0 spiro atoms. The highest BCUT2D eigenvalue weighted by atomic mass is 16.6. The van der Waals surface area contributed by atoms with Crippen LogP contribution >= 0.6 is 0 Å². The summed E-state index contributed by atoms with van der Waals surface area (Å²) in [6.07, 6.45) is 3.64. The third kappa shape index (κ3) is 5.44. The third-order valence-corrected chi connectivity index (χ3v) is 5.81. The summed E-state index contributed by atoms with van der Waals surface area (Å²) in [6, 6.07) is 10.3. The number of likely N-dealkylation sites (tertiary alicyclic amines) is 1. The van der Waals surface area contributed by atoms with Crippen molar-refractivity contribution in [1.29, 1.82) is 0 Å². The quantitative estimate of drug-likeness (QED) is 0.632. The summed E-state index contributed by atoms with van der Waals surface area (Å²) in [6.45, 7) is 14.7. The van der Waals surface area contributed by atoms with Crippen molar-refractivity contribution in [3.8, 4) is 0 Å². The highest BCUT2D eigenvalue weighted by Crippen LogP contribution is 2.37. The molecule has 1 aromatic heterocycles. The number of hydrogen-bond donors (Lipinski definition) is 1. The third-order valence-electron chi connectivity index (χ3n) is 5.81. The number of nitrogens with zero attached hydrogens (tertiary/aromatic N) is 3. The second-order valence-electron chi connectivity index (χ2n) is 9.24. The molecule has 0 saturated carbocycles. The first-order chi connectivity index (χ1) is 15.1. The standard InChI is InChI=1S/C25H29N3O4/c1-16(19-10-13-22(26-5)27-15-19)21-12-11-20(28(21)24(31)32-25(2,3)4)14-17-6-8-18(9-7-17)23(29)30/h6-10,13,15-16,20-21H,11-12,14H2,1-4H3,(H,29,30)/t16-,20+,21-/m1/s1. The average molecular weight is 436 g/mol. The Morgan fingerprint density at radius 1 is 1.22 bits per heavy atom. The summed E-state index contributed by atoms with van der Waals surface area (Å²) in [5, 5.41) is 9.13. The number of carbonyl (C=O) groups excluding carboxylic acids is 1. The molecule has 168 valence electrons. The van der Waals surface area contributed by atoms with Crippen molar-refractivity contribution >= 4 is 17.9 Å². The van der Waals surface area contributed by atoms with E-state index in [1.54, 1.807) is 36.5 Å². The van der Waals surface area contributed by atoms with Crippen LogP contribution < -0.4 is 0 Å². The molecule has 0 radical (unpaired) electrons. The van der Waals surface area contributed by atoms with Gasteiger partial charge in [0.15, 0.2) is 0 Å². The lowest BCUT2D eigenvalue weighted by Crippen LogP contribution is -2.46. The Labute approximate surface area is 188 Å². The van der Waals surface area contributed by atoms with Gasteiger partial charge in [-0.2, -0.15) is 0 Å². The van der Waals surface area contributed by atoms with E-state index >= 15 is 0 Å². The van der Waals surface area contributed by atoms with Crippen LogP contribution in [0.25, 0.3) is 4.85 Å². The van der Waals surface area contributed by atoms with Crippen molar-refractivity contribution < 1.29 is 19.4 Å². The predicted molar refractivity (Wildman–Crippen MR) is 121 cm³/mol. The van der Waals surface area contributed by atoms with Crippen LogP contribution in [0.15, 0.2) is 42.6 Å². The van der Waals surface area contributed by atoms with E-state index in [0.29, 0.717) is 12.2 Å². The maximum absolute atomic E-state index is 13.2. The molecule has 1 N–H and O–H groups in total. The number of benzene rings is 1. The number of carboxylic acids is 1. The lowest BCUT2D eigenvalue weighted by molar-refractivity contribution is 0.0126. The zero-order chi connectivity index (χ0) is 23.5. The van der Waals surface area contributed by atoms with E-state index in [1.807, 2.05) is 31.7 Å². The van der Waals surface area contributed by atoms with E-state index < -0.39 is 11.6 Å². The molecule has 3 rings (SSSR count). The van der Waals surface area contributed by atoms with E-state index in [4.69, 9.17) is 16.4 Å². The molecule has 1 fully saturated rings. The molecule has 7 heteroatoms. The van der Waals surface area contributed by atoms with Crippen molar-refractivity contribution in [3.63, 3.8) is 0 Å². The molecule has 2 aromatic rings. The average Bonchev–Trinajstić information content (AvgIpc) is 3.16. The van der Waals surface area contributed by atoms with E-state index in [0.717, 1.165) is 24.0 Å². The summed E-state index contributed by atoms with van der Waals surface area (Å²) < 4.78 is 5.75. The molecular weight excluding hydrogens is 406 g/mol. The number of rotatable bonds is 5. The van der Waals surface area contributed by atoms with E-state index in [-0.39, 0.29) is 29.7 Å². The molecule has 1 aliphatic rings. The Hall–Kier alpha value is -3.40. The van der Waals surface area contributed by atoms with Gasteiger partial charge in [0, 0.05) is 18.0 Å². The van der Waals surface area contributed by atoms with Crippen molar-refractivity contribution in [3.05, 3.63) is 70.7 Å². The Kier molecular flexibility index (Phi) is 6.83. The first-order valence-corrected chi connectivity index (χ1v) is 10.8. The zero-order valence-corrected chi connectivity index (χ0v) is 18.9. The highest BCUT2D eigenvalue weighted by Gasteiger charge is 2.42. The van der Waals surface area contributed by atoms with Crippen molar-refractivity contribution in [1.82, 2.24) is 9.88 Å². The monoisotopic (exact) mass is 435 g/mol. The number of ether oxygens (including phenoxy) is 1. The van der Waals surface area contributed by atoms with E-state index in [9.17, 15) is 9.59 Å². The van der Waals surface area contributed by atoms with Crippen LogP contribution in [-0.2, 0) is 11.2 Å². The number of aromatic nitrogens is 1. The molecule has 7 nitrogen and oxygen atoms in total. The van der Waals surface area contributed by atoms with Crippen LogP contribution in [0.2, 0.25) is 0 Å². The van der Waals surface area contributed by atoms with Crippen LogP contribution in [0.3, 0.4) is 0 Å². The molecule has 3 atom stereocenters. The molecule has 1 amide bonds. The number of hydrogen-bond acceptors (Lipinski definition) is 4. The van der Waals surface area contributed by atoms with E-state index in [2.05, 4.69) is 16.8 Å². The number of carbonyl (C=O) groups is 2. The fourth-order valence-electron chi connectivity index (χ4n) is 4.21. The minimum Gasteiger partial charge on any atom is -0.478 e. The summed E-state index contributed by atoms with van der Waals surface area (Å²) >= 11 is 0. The van der Waals surface area contributed by atoms with E-state index in [1.165, 1.54) is 0 Å². The maximum atomic E-state index is 13.2. The minimum atomic E-state index is -0.959. The number of aromatic carboxylic acids is 1. The maximum Gasteiger partial charge on any atom is 0.410 e. The van der Waals surface area contributed by atoms with Crippen molar-refractivity contribution in [2.75, 3.05) is 0 Å². The Balaban J connectivity index is 1.85. The van der Waals surface area contributed by atoms with Gasteiger partial charge in [-0.15, -0.1) is 4.98 Å². The van der Waals surface area contributed by atoms with Gasteiger partial charge in [-0.1, -0.05) is 31.7 Å². The lowest BCUT2D eigenvalue weighted by Gasteiger charge is -2.35. The van der Waals surface area contributed by atoms with Crippen molar-refractivity contribution in [2.45, 2.75) is 70.6 Å². The number of amides is 1. The lowest BCUT2D eigenvalue weighted by atomic mass is 9.93. The van der Waals surface area contributed by atoms with Crippen LogP contribution in [-0.4, -0.2) is 44.7 Å². The summed E-state index contributed by atoms with van der Waals surface area (Å²) in [5.74, 6) is -0.590. The zero-order valence-electron chi connectivity index (χ0n) is 18.9. The Bertz CT molecular complexity index is 1000. The first-order valence-electron chi connectivity index (χ1n) is 10.8. The van der Waals surface area contributed by atoms with Gasteiger partial charge in [-0.05, 0) is 69.4 Å².